The van der Waals surface area contributed by atoms with Crippen molar-refractivity contribution < 1.29 is 9.13 Å². The van der Waals surface area contributed by atoms with Gasteiger partial charge >= 0.3 is 0 Å². The number of unbranched alkanes of at least 4 members (excludes halogenated alkanes) is 4. The lowest BCUT2D eigenvalue weighted by Gasteiger charge is -2.42. The number of hydrogen-bond acceptors (Lipinski definition) is 1. The fraction of sp³-hybridized carbons (Fsp3) is 0.800. The van der Waals surface area contributed by atoms with Crippen LogP contribution in [-0.4, -0.2) is 12.7 Å². The predicted molar refractivity (Wildman–Crippen MR) is 133 cm³/mol. The van der Waals surface area contributed by atoms with E-state index in [-0.39, 0.29) is 5.82 Å². The molecule has 0 saturated heterocycles. The highest BCUT2D eigenvalue weighted by Crippen LogP contribution is 2.47. The molecule has 2 heteroatoms. The maximum atomic E-state index is 15.2. The van der Waals surface area contributed by atoms with Crippen LogP contribution in [0.15, 0.2) is 12.1 Å². The molecule has 0 N–H and O–H groups in total. The zero-order valence-electron chi connectivity index (χ0n) is 20.8. The molecule has 0 radical (unpaired) electrons. The van der Waals surface area contributed by atoms with Gasteiger partial charge in [0.25, 0.3) is 0 Å². The molecule has 0 aliphatic heterocycles. The molecule has 0 bridgehead atoms. The van der Waals surface area contributed by atoms with E-state index >= 15 is 4.39 Å². The minimum atomic E-state index is 0.0902. The summed E-state index contributed by atoms with van der Waals surface area (Å²) in [5.41, 5.74) is 3.81. The first-order valence-corrected chi connectivity index (χ1v) is 14.1. The van der Waals surface area contributed by atoms with E-state index in [2.05, 4.69) is 19.9 Å². The van der Waals surface area contributed by atoms with Gasteiger partial charge in [0, 0.05) is 6.61 Å². The Morgan fingerprint density at radius 1 is 0.844 bits per heavy atom. The van der Waals surface area contributed by atoms with Gasteiger partial charge in [-0.1, -0.05) is 58.4 Å². The summed E-state index contributed by atoms with van der Waals surface area (Å²) < 4.78 is 21.5. The van der Waals surface area contributed by atoms with Gasteiger partial charge in [0.2, 0.25) is 0 Å². The van der Waals surface area contributed by atoms with E-state index in [4.69, 9.17) is 4.74 Å². The highest BCUT2D eigenvalue weighted by Gasteiger charge is 2.37. The SMILES string of the molecule is CCCCCCOC1CCC2CC(c3cc4c(cc3F)CC(CCCC)CC4)CCC2C1. The quantitative estimate of drug-likeness (QED) is 0.329. The number of rotatable bonds is 10. The summed E-state index contributed by atoms with van der Waals surface area (Å²) >= 11 is 0. The molecule has 5 unspecified atom stereocenters. The van der Waals surface area contributed by atoms with Gasteiger partial charge < -0.3 is 4.74 Å². The van der Waals surface area contributed by atoms with Crippen LogP contribution in [0.25, 0.3) is 0 Å². The van der Waals surface area contributed by atoms with Crippen LogP contribution < -0.4 is 0 Å². The largest absolute Gasteiger partial charge is 0.378 e. The minimum Gasteiger partial charge on any atom is -0.378 e. The van der Waals surface area contributed by atoms with Gasteiger partial charge in [-0.25, -0.2) is 4.39 Å². The molecule has 1 aromatic rings. The van der Waals surface area contributed by atoms with E-state index in [0.717, 1.165) is 42.8 Å². The van der Waals surface area contributed by atoms with Crippen molar-refractivity contribution in [3.63, 3.8) is 0 Å². The van der Waals surface area contributed by atoms with Gasteiger partial charge in [-0.15, -0.1) is 0 Å². The molecule has 0 amide bonds. The van der Waals surface area contributed by atoms with Crippen molar-refractivity contribution >= 4 is 0 Å². The molecule has 2 fully saturated rings. The fourth-order valence-corrected chi connectivity index (χ4v) is 6.98. The Labute approximate surface area is 196 Å². The Hall–Kier alpha value is -0.890. The Balaban J connectivity index is 1.30. The smallest absolute Gasteiger partial charge is 0.126 e. The molecule has 1 nitrogen and oxygen atoms in total. The molecule has 4 rings (SSSR count). The topological polar surface area (TPSA) is 9.23 Å². The molecular weight excluding hydrogens is 395 g/mol. The van der Waals surface area contributed by atoms with E-state index in [0.29, 0.717) is 12.0 Å². The second-order valence-corrected chi connectivity index (χ2v) is 11.3. The molecule has 3 aliphatic carbocycles. The summed E-state index contributed by atoms with van der Waals surface area (Å²) in [6, 6.07) is 4.22. The number of benzene rings is 1. The van der Waals surface area contributed by atoms with E-state index in [1.165, 1.54) is 101 Å². The van der Waals surface area contributed by atoms with Crippen LogP contribution in [0.1, 0.15) is 126 Å². The Bertz CT molecular complexity index is 713. The zero-order chi connectivity index (χ0) is 22.3. The summed E-state index contributed by atoms with van der Waals surface area (Å²) in [4.78, 5) is 0. The first-order chi connectivity index (χ1) is 15.7. The summed E-state index contributed by atoms with van der Waals surface area (Å²) in [6.07, 6.45) is 20.5. The molecule has 0 aromatic heterocycles. The van der Waals surface area contributed by atoms with Gasteiger partial charge in [-0.2, -0.15) is 0 Å². The fourth-order valence-electron chi connectivity index (χ4n) is 6.98. The molecule has 2 saturated carbocycles. The first-order valence-electron chi connectivity index (χ1n) is 14.1. The number of hydrogen-bond donors (Lipinski definition) is 0. The van der Waals surface area contributed by atoms with Crippen molar-refractivity contribution in [3.8, 4) is 0 Å². The van der Waals surface area contributed by atoms with Gasteiger partial charge in [-0.3, -0.25) is 0 Å². The van der Waals surface area contributed by atoms with Crippen molar-refractivity contribution in [1.82, 2.24) is 0 Å². The monoisotopic (exact) mass is 442 g/mol. The van der Waals surface area contributed by atoms with E-state index in [1.54, 1.807) is 0 Å². The first kappa shape index (κ1) is 24.2. The average molecular weight is 443 g/mol. The maximum Gasteiger partial charge on any atom is 0.126 e. The van der Waals surface area contributed by atoms with Crippen LogP contribution in [0.3, 0.4) is 0 Å². The van der Waals surface area contributed by atoms with Crippen LogP contribution in [0.2, 0.25) is 0 Å². The second-order valence-electron chi connectivity index (χ2n) is 11.3. The van der Waals surface area contributed by atoms with Crippen molar-refractivity contribution in [1.29, 1.82) is 0 Å². The average Bonchev–Trinajstić information content (AvgIpc) is 2.81. The van der Waals surface area contributed by atoms with Crippen LogP contribution in [-0.2, 0) is 17.6 Å². The van der Waals surface area contributed by atoms with Crippen molar-refractivity contribution in [2.75, 3.05) is 6.61 Å². The highest BCUT2D eigenvalue weighted by atomic mass is 19.1. The van der Waals surface area contributed by atoms with Crippen molar-refractivity contribution in [2.24, 2.45) is 17.8 Å². The predicted octanol–water partition coefficient (Wildman–Crippen LogP) is 8.77. The van der Waals surface area contributed by atoms with E-state index < -0.39 is 0 Å². The lowest BCUT2D eigenvalue weighted by atomic mass is 9.65. The van der Waals surface area contributed by atoms with Crippen LogP contribution in [0.5, 0.6) is 0 Å². The molecule has 32 heavy (non-hydrogen) atoms. The molecule has 5 atom stereocenters. The number of aryl methyl sites for hydroxylation is 1. The molecule has 0 heterocycles. The number of ether oxygens (including phenoxy) is 1. The Morgan fingerprint density at radius 2 is 1.66 bits per heavy atom. The maximum absolute atomic E-state index is 15.2. The van der Waals surface area contributed by atoms with Crippen LogP contribution >= 0.6 is 0 Å². The molecule has 0 spiro atoms. The number of halogens is 1. The Morgan fingerprint density at radius 3 is 2.50 bits per heavy atom. The highest BCUT2D eigenvalue weighted by molar-refractivity contribution is 5.37. The molecule has 180 valence electrons. The summed E-state index contributed by atoms with van der Waals surface area (Å²) in [7, 11) is 0. The molecule has 3 aliphatic rings. The van der Waals surface area contributed by atoms with Gasteiger partial charge in [0.05, 0.1) is 6.10 Å². The van der Waals surface area contributed by atoms with Crippen molar-refractivity contribution in [3.05, 3.63) is 34.6 Å². The van der Waals surface area contributed by atoms with E-state index in [1.807, 2.05) is 6.07 Å². The van der Waals surface area contributed by atoms with Gasteiger partial charge in [0.15, 0.2) is 0 Å². The summed E-state index contributed by atoms with van der Waals surface area (Å²) in [5.74, 6) is 2.88. The normalized spacial score (nSPS) is 30.0. The second kappa shape index (κ2) is 12.0. The third-order valence-corrected chi connectivity index (χ3v) is 8.97. The third-order valence-electron chi connectivity index (χ3n) is 8.97. The van der Waals surface area contributed by atoms with Gasteiger partial charge in [0.1, 0.15) is 5.82 Å². The lowest BCUT2D eigenvalue weighted by Crippen LogP contribution is -2.34. The van der Waals surface area contributed by atoms with Gasteiger partial charge in [-0.05, 0) is 111 Å². The number of fused-ring (bicyclic) bond motifs is 2. The van der Waals surface area contributed by atoms with Crippen molar-refractivity contribution in [2.45, 2.75) is 129 Å². The third kappa shape index (κ3) is 6.16. The lowest BCUT2D eigenvalue weighted by molar-refractivity contribution is -0.0164. The summed E-state index contributed by atoms with van der Waals surface area (Å²) in [6.45, 7) is 5.48. The standard InChI is InChI=1S/C30H47FO/c1-3-5-7-8-16-32-28-15-14-23-18-26(13-12-24(23)19-28)29-20-25-11-10-22(9-6-4-2)17-27(25)21-30(29)31/h20-24,26,28H,3-19H2,1-2H3. The molecular formula is C30H47FO. The minimum absolute atomic E-state index is 0.0902. The van der Waals surface area contributed by atoms with Crippen LogP contribution in [0.4, 0.5) is 4.39 Å². The van der Waals surface area contributed by atoms with Crippen LogP contribution in [0, 0.1) is 23.6 Å². The molecule has 1 aromatic carbocycles. The zero-order valence-corrected chi connectivity index (χ0v) is 20.8. The Kier molecular flexibility index (Phi) is 9.09. The summed E-state index contributed by atoms with van der Waals surface area (Å²) in [5, 5.41) is 0. The van der Waals surface area contributed by atoms with E-state index in [9.17, 15) is 0 Å².